The number of aromatic nitrogens is 1. The van der Waals surface area contributed by atoms with Crippen molar-refractivity contribution in [2.24, 2.45) is 0 Å². The molecule has 0 aliphatic heterocycles. The molecule has 1 amide bonds. The van der Waals surface area contributed by atoms with E-state index in [0.29, 0.717) is 4.47 Å². The van der Waals surface area contributed by atoms with Gasteiger partial charge in [0.25, 0.3) is 5.91 Å². The number of anilines is 1. The first-order valence-corrected chi connectivity index (χ1v) is 5.74. The number of benzene rings is 1. The molecular weight excluding hydrogens is 306 g/mol. The second-order valence-electron chi connectivity index (χ2n) is 3.42. The number of hydrogen-bond acceptors (Lipinski definition) is 2. The average molecular weight is 313 g/mol. The molecular formula is C12H7BrF2N2O. The Morgan fingerprint density at radius 1 is 1.22 bits per heavy atom. The van der Waals surface area contributed by atoms with Crippen LogP contribution < -0.4 is 5.32 Å². The number of carbonyl (C=O) groups is 1. The second-order valence-corrected chi connectivity index (χ2v) is 4.34. The number of nitrogens with one attached hydrogen (secondary N) is 1. The number of rotatable bonds is 2. The van der Waals surface area contributed by atoms with E-state index in [9.17, 15) is 13.6 Å². The van der Waals surface area contributed by atoms with Crippen LogP contribution in [0.15, 0.2) is 40.9 Å². The van der Waals surface area contributed by atoms with Crippen molar-refractivity contribution in [2.45, 2.75) is 0 Å². The smallest absolute Gasteiger partial charge is 0.259 e. The lowest BCUT2D eigenvalue weighted by molar-refractivity contribution is 0.102. The molecule has 0 fully saturated rings. The van der Waals surface area contributed by atoms with Crippen LogP contribution in [0.25, 0.3) is 0 Å². The number of halogens is 3. The van der Waals surface area contributed by atoms with Gasteiger partial charge in [-0.3, -0.25) is 4.79 Å². The molecule has 0 atom stereocenters. The van der Waals surface area contributed by atoms with Gasteiger partial charge < -0.3 is 5.32 Å². The molecule has 18 heavy (non-hydrogen) atoms. The van der Waals surface area contributed by atoms with Crippen LogP contribution in [0.5, 0.6) is 0 Å². The fourth-order valence-electron chi connectivity index (χ4n) is 1.33. The van der Waals surface area contributed by atoms with Gasteiger partial charge in [0.2, 0.25) is 5.95 Å². The highest BCUT2D eigenvalue weighted by molar-refractivity contribution is 9.10. The first-order valence-electron chi connectivity index (χ1n) is 4.95. The van der Waals surface area contributed by atoms with E-state index in [1.165, 1.54) is 24.3 Å². The first-order chi connectivity index (χ1) is 8.56. The summed E-state index contributed by atoms with van der Waals surface area (Å²) in [5.41, 5.74) is -0.143. The van der Waals surface area contributed by atoms with Crippen molar-refractivity contribution in [3.63, 3.8) is 0 Å². The van der Waals surface area contributed by atoms with E-state index in [1.54, 1.807) is 0 Å². The monoisotopic (exact) mass is 312 g/mol. The Labute approximate surface area is 110 Å². The van der Waals surface area contributed by atoms with Crippen molar-refractivity contribution in [3.05, 3.63) is 58.2 Å². The van der Waals surface area contributed by atoms with E-state index in [-0.39, 0.29) is 11.4 Å². The van der Waals surface area contributed by atoms with Crippen LogP contribution in [0.2, 0.25) is 0 Å². The SMILES string of the molecule is O=C(Nc1cccc(F)n1)c1cc(Br)ccc1F. The summed E-state index contributed by atoms with van der Waals surface area (Å²) in [6.07, 6.45) is 0. The number of hydrogen-bond donors (Lipinski definition) is 1. The molecule has 0 saturated carbocycles. The van der Waals surface area contributed by atoms with Gasteiger partial charge in [0, 0.05) is 4.47 Å². The predicted octanol–water partition coefficient (Wildman–Crippen LogP) is 3.37. The number of amides is 1. The van der Waals surface area contributed by atoms with Gasteiger partial charge in [-0.05, 0) is 30.3 Å². The Bertz CT molecular complexity index is 604. The quantitative estimate of drug-likeness (QED) is 0.864. The van der Waals surface area contributed by atoms with Gasteiger partial charge >= 0.3 is 0 Å². The maximum absolute atomic E-state index is 13.4. The minimum atomic E-state index is -0.720. The van der Waals surface area contributed by atoms with E-state index < -0.39 is 17.7 Å². The molecule has 1 aromatic heterocycles. The lowest BCUT2D eigenvalue weighted by Gasteiger charge is -2.05. The summed E-state index contributed by atoms with van der Waals surface area (Å²) in [6, 6.07) is 7.94. The summed E-state index contributed by atoms with van der Waals surface area (Å²) in [5, 5.41) is 2.32. The summed E-state index contributed by atoms with van der Waals surface area (Å²) < 4.78 is 26.8. The van der Waals surface area contributed by atoms with E-state index in [2.05, 4.69) is 26.2 Å². The maximum Gasteiger partial charge on any atom is 0.259 e. The summed E-state index contributed by atoms with van der Waals surface area (Å²) >= 11 is 3.14. The molecule has 0 spiro atoms. The van der Waals surface area contributed by atoms with Crippen LogP contribution in [0.1, 0.15) is 10.4 Å². The minimum Gasteiger partial charge on any atom is -0.306 e. The average Bonchev–Trinajstić information content (AvgIpc) is 2.32. The number of nitrogens with zero attached hydrogens (tertiary/aromatic N) is 1. The second kappa shape index (κ2) is 5.22. The van der Waals surface area contributed by atoms with Crippen LogP contribution in [0.3, 0.4) is 0 Å². The van der Waals surface area contributed by atoms with E-state index >= 15 is 0 Å². The van der Waals surface area contributed by atoms with Crippen LogP contribution in [0, 0.1) is 11.8 Å². The molecule has 6 heteroatoms. The van der Waals surface area contributed by atoms with E-state index in [0.717, 1.165) is 12.1 Å². The molecule has 2 aromatic rings. The molecule has 0 aliphatic rings. The molecule has 0 saturated heterocycles. The van der Waals surface area contributed by atoms with Gasteiger partial charge in [-0.15, -0.1) is 0 Å². The Morgan fingerprint density at radius 3 is 2.72 bits per heavy atom. The minimum absolute atomic E-state index is 0.0272. The van der Waals surface area contributed by atoms with Crippen LogP contribution in [-0.4, -0.2) is 10.9 Å². The van der Waals surface area contributed by atoms with Gasteiger partial charge in [-0.1, -0.05) is 22.0 Å². The Balaban J connectivity index is 2.24. The highest BCUT2D eigenvalue weighted by atomic mass is 79.9. The van der Waals surface area contributed by atoms with Crippen LogP contribution in [-0.2, 0) is 0 Å². The maximum atomic E-state index is 13.4. The molecule has 0 aliphatic carbocycles. The van der Waals surface area contributed by atoms with Gasteiger partial charge in [0.15, 0.2) is 0 Å². The lowest BCUT2D eigenvalue weighted by Crippen LogP contribution is -2.15. The Hall–Kier alpha value is -1.82. The van der Waals surface area contributed by atoms with E-state index in [1.807, 2.05) is 0 Å². The standard InChI is InChI=1S/C12H7BrF2N2O/c13-7-4-5-9(14)8(6-7)12(18)17-11-3-1-2-10(15)16-11/h1-6H,(H,16,17,18). The summed E-state index contributed by atoms with van der Waals surface area (Å²) in [6.45, 7) is 0. The van der Waals surface area contributed by atoms with Crippen molar-refractivity contribution >= 4 is 27.7 Å². The Morgan fingerprint density at radius 2 is 2.00 bits per heavy atom. The number of pyridine rings is 1. The van der Waals surface area contributed by atoms with Gasteiger partial charge in [0.05, 0.1) is 5.56 Å². The molecule has 0 radical (unpaired) electrons. The fraction of sp³-hybridized carbons (Fsp3) is 0. The van der Waals surface area contributed by atoms with Gasteiger partial charge in [-0.25, -0.2) is 9.37 Å². The summed E-state index contributed by atoms with van der Waals surface area (Å²) in [7, 11) is 0. The first kappa shape index (κ1) is 12.6. The third-order valence-electron chi connectivity index (χ3n) is 2.13. The van der Waals surface area contributed by atoms with Gasteiger partial charge in [0.1, 0.15) is 11.6 Å². The highest BCUT2D eigenvalue weighted by Gasteiger charge is 2.13. The zero-order chi connectivity index (χ0) is 13.1. The normalized spacial score (nSPS) is 10.2. The zero-order valence-electron chi connectivity index (χ0n) is 8.95. The molecule has 1 heterocycles. The lowest BCUT2D eigenvalue weighted by atomic mass is 10.2. The van der Waals surface area contributed by atoms with Crippen LogP contribution in [0.4, 0.5) is 14.6 Å². The topological polar surface area (TPSA) is 42.0 Å². The highest BCUT2D eigenvalue weighted by Crippen LogP contribution is 2.16. The molecule has 1 aromatic carbocycles. The largest absolute Gasteiger partial charge is 0.306 e. The third-order valence-corrected chi connectivity index (χ3v) is 2.62. The van der Waals surface area contributed by atoms with E-state index in [4.69, 9.17) is 0 Å². The van der Waals surface area contributed by atoms with Crippen molar-refractivity contribution in [2.75, 3.05) is 5.32 Å². The molecule has 0 bridgehead atoms. The van der Waals surface area contributed by atoms with Gasteiger partial charge in [-0.2, -0.15) is 4.39 Å². The predicted molar refractivity (Wildman–Crippen MR) is 66.2 cm³/mol. The fourth-order valence-corrected chi connectivity index (χ4v) is 1.69. The zero-order valence-corrected chi connectivity index (χ0v) is 10.5. The number of carbonyl (C=O) groups excluding carboxylic acids is 1. The summed E-state index contributed by atoms with van der Waals surface area (Å²) in [4.78, 5) is 15.2. The molecule has 3 nitrogen and oxygen atoms in total. The van der Waals surface area contributed by atoms with Crippen molar-refractivity contribution in [1.82, 2.24) is 4.98 Å². The molecule has 92 valence electrons. The summed E-state index contributed by atoms with van der Waals surface area (Å²) in [5.74, 6) is -2.04. The Kier molecular flexibility index (Phi) is 3.66. The van der Waals surface area contributed by atoms with Crippen molar-refractivity contribution in [1.29, 1.82) is 0 Å². The van der Waals surface area contributed by atoms with Crippen LogP contribution >= 0.6 is 15.9 Å². The molecule has 0 unspecified atom stereocenters. The molecule has 1 N–H and O–H groups in total. The molecule has 2 rings (SSSR count). The van der Waals surface area contributed by atoms with Crippen molar-refractivity contribution in [3.8, 4) is 0 Å². The third kappa shape index (κ3) is 2.89. The van der Waals surface area contributed by atoms with Crippen molar-refractivity contribution < 1.29 is 13.6 Å².